The molecule has 0 fully saturated rings. The summed E-state index contributed by atoms with van der Waals surface area (Å²) in [6.07, 6.45) is 0. The standard InChI is InChI=1S/C10H19N3S/c1-7(2)9-8(6-11-3)14-10(12-9)13(4)5/h7,11H,6H2,1-5H3. The third-order valence-corrected chi connectivity index (χ3v) is 3.22. The third-order valence-electron chi connectivity index (χ3n) is 1.98. The van der Waals surface area contributed by atoms with Crippen molar-refractivity contribution in [2.45, 2.75) is 26.3 Å². The van der Waals surface area contributed by atoms with Gasteiger partial charge >= 0.3 is 0 Å². The largest absolute Gasteiger partial charge is 0.354 e. The summed E-state index contributed by atoms with van der Waals surface area (Å²) in [6, 6.07) is 0. The van der Waals surface area contributed by atoms with Gasteiger partial charge in [0.05, 0.1) is 5.69 Å². The molecule has 0 aliphatic heterocycles. The molecule has 3 nitrogen and oxygen atoms in total. The van der Waals surface area contributed by atoms with Gasteiger partial charge in [0.15, 0.2) is 5.13 Å². The lowest BCUT2D eigenvalue weighted by atomic mass is 10.1. The zero-order valence-electron chi connectivity index (χ0n) is 9.59. The second kappa shape index (κ2) is 4.75. The Labute approximate surface area is 90.2 Å². The van der Waals surface area contributed by atoms with Gasteiger partial charge in [0.25, 0.3) is 0 Å². The molecule has 0 saturated carbocycles. The van der Waals surface area contributed by atoms with Crippen LogP contribution in [0.3, 0.4) is 0 Å². The molecule has 0 unspecified atom stereocenters. The first-order valence-electron chi connectivity index (χ1n) is 4.87. The summed E-state index contributed by atoms with van der Waals surface area (Å²) < 4.78 is 0. The van der Waals surface area contributed by atoms with Crippen LogP contribution in [-0.2, 0) is 6.54 Å². The maximum atomic E-state index is 4.63. The van der Waals surface area contributed by atoms with E-state index in [1.165, 1.54) is 10.6 Å². The quantitative estimate of drug-likeness (QED) is 0.829. The minimum absolute atomic E-state index is 0.503. The number of thiazole rings is 1. The van der Waals surface area contributed by atoms with Crippen molar-refractivity contribution in [2.24, 2.45) is 0 Å². The Balaban J connectivity index is 2.99. The number of nitrogens with one attached hydrogen (secondary N) is 1. The van der Waals surface area contributed by atoms with Crippen LogP contribution in [0, 0.1) is 0 Å². The smallest absolute Gasteiger partial charge is 0.185 e. The Morgan fingerprint density at radius 2 is 2.07 bits per heavy atom. The molecule has 0 atom stereocenters. The zero-order valence-corrected chi connectivity index (χ0v) is 10.4. The van der Waals surface area contributed by atoms with E-state index in [9.17, 15) is 0 Å². The van der Waals surface area contributed by atoms with E-state index in [0.29, 0.717) is 5.92 Å². The molecule has 1 heterocycles. The number of hydrogen-bond donors (Lipinski definition) is 1. The Kier molecular flexibility index (Phi) is 3.89. The highest BCUT2D eigenvalue weighted by atomic mass is 32.1. The summed E-state index contributed by atoms with van der Waals surface area (Å²) in [6.45, 7) is 5.29. The van der Waals surface area contributed by atoms with Crippen LogP contribution in [0.25, 0.3) is 0 Å². The van der Waals surface area contributed by atoms with Gasteiger partial charge in [-0.1, -0.05) is 13.8 Å². The van der Waals surface area contributed by atoms with Gasteiger partial charge in [0, 0.05) is 25.5 Å². The van der Waals surface area contributed by atoms with E-state index in [0.717, 1.165) is 11.7 Å². The monoisotopic (exact) mass is 213 g/mol. The summed E-state index contributed by atoms with van der Waals surface area (Å²) in [5.74, 6) is 0.503. The molecule has 0 saturated heterocycles. The van der Waals surface area contributed by atoms with Crippen LogP contribution < -0.4 is 10.2 Å². The van der Waals surface area contributed by atoms with E-state index in [1.54, 1.807) is 11.3 Å². The predicted molar refractivity (Wildman–Crippen MR) is 63.3 cm³/mol. The number of hydrogen-bond acceptors (Lipinski definition) is 4. The van der Waals surface area contributed by atoms with Crippen molar-refractivity contribution in [3.05, 3.63) is 10.6 Å². The van der Waals surface area contributed by atoms with Crippen molar-refractivity contribution in [2.75, 3.05) is 26.0 Å². The van der Waals surface area contributed by atoms with Crippen LogP contribution >= 0.6 is 11.3 Å². The molecule has 0 amide bonds. The third kappa shape index (κ3) is 2.45. The SMILES string of the molecule is CNCc1sc(N(C)C)nc1C(C)C. The highest BCUT2D eigenvalue weighted by molar-refractivity contribution is 7.15. The molecule has 0 spiro atoms. The second-order valence-corrected chi connectivity index (χ2v) is 4.95. The van der Waals surface area contributed by atoms with Crippen molar-refractivity contribution in [1.29, 1.82) is 0 Å². The summed E-state index contributed by atoms with van der Waals surface area (Å²) in [5.41, 5.74) is 1.23. The summed E-state index contributed by atoms with van der Waals surface area (Å²) in [4.78, 5) is 8.05. The lowest BCUT2D eigenvalue weighted by Crippen LogP contribution is -2.08. The van der Waals surface area contributed by atoms with Gasteiger partial charge in [-0.15, -0.1) is 11.3 Å². The van der Waals surface area contributed by atoms with Crippen molar-refractivity contribution < 1.29 is 0 Å². The van der Waals surface area contributed by atoms with E-state index in [4.69, 9.17) is 0 Å². The first-order valence-corrected chi connectivity index (χ1v) is 5.69. The Bertz CT molecular complexity index is 292. The molecule has 1 N–H and O–H groups in total. The fourth-order valence-electron chi connectivity index (χ4n) is 1.28. The van der Waals surface area contributed by atoms with E-state index >= 15 is 0 Å². The average Bonchev–Trinajstić information content (AvgIpc) is 2.49. The topological polar surface area (TPSA) is 28.2 Å². The first kappa shape index (κ1) is 11.5. The van der Waals surface area contributed by atoms with Crippen LogP contribution in [0.15, 0.2) is 0 Å². The van der Waals surface area contributed by atoms with Gasteiger partial charge in [0.2, 0.25) is 0 Å². The Morgan fingerprint density at radius 1 is 1.43 bits per heavy atom. The molecular formula is C10H19N3S. The molecule has 0 radical (unpaired) electrons. The van der Waals surface area contributed by atoms with Crippen molar-refractivity contribution in [3.8, 4) is 0 Å². The van der Waals surface area contributed by atoms with Crippen LogP contribution in [0.4, 0.5) is 5.13 Å². The first-order chi connectivity index (χ1) is 6.56. The van der Waals surface area contributed by atoms with Crippen LogP contribution in [0.5, 0.6) is 0 Å². The number of anilines is 1. The number of nitrogens with zero attached hydrogens (tertiary/aromatic N) is 2. The molecule has 14 heavy (non-hydrogen) atoms. The van der Waals surface area contributed by atoms with Gasteiger partial charge in [-0.3, -0.25) is 0 Å². The van der Waals surface area contributed by atoms with Gasteiger partial charge in [-0.2, -0.15) is 0 Å². The average molecular weight is 213 g/mol. The molecular weight excluding hydrogens is 194 g/mol. The normalized spacial score (nSPS) is 11.0. The van der Waals surface area contributed by atoms with Crippen molar-refractivity contribution >= 4 is 16.5 Å². The Morgan fingerprint density at radius 3 is 2.50 bits per heavy atom. The van der Waals surface area contributed by atoms with Crippen LogP contribution in [-0.4, -0.2) is 26.1 Å². The second-order valence-electron chi connectivity index (χ2n) is 3.88. The molecule has 1 aromatic heterocycles. The molecule has 1 aromatic rings. The molecule has 0 aliphatic rings. The van der Waals surface area contributed by atoms with Gasteiger partial charge < -0.3 is 10.2 Å². The molecule has 0 aromatic carbocycles. The highest BCUT2D eigenvalue weighted by Gasteiger charge is 2.14. The summed E-state index contributed by atoms with van der Waals surface area (Å²) in [7, 11) is 6.04. The lowest BCUT2D eigenvalue weighted by molar-refractivity contribution is 0.770. The predicted octanol–water partition coefficient (Wildman–Crippen LogP) is 2.05. The summed E-state index contributed by atoms with van der Waals surface area (Å²) >= 11 is 1.77. The number of rotatable bonds is 4. The molecule has 1 rings (SSSR count). The lowest BCUT2D eigenvalue weighted by Gasteiger charge is -2.05. The van der Waals surface area contributed by atoms with Gasteiger partial charge in [-0.25, -0.2) is 4.98 Å². The van der Waals surface area contributed by atoms with Gasteiger partial charge in [0.1, 0.15) is 0 Å². The van der Waals surface area contributed by atoms with E-state index < -0.39 is 0 Å². The fourth-order valence-corrected chi connectivity index (χ4v) is 2.43. The minimum Gasteiger partial charge on any atom is -0.354 e. The van der Waals surface area contributed by atoms with Crippen LogP contribution in [0.1, 0.15) is 30.3 Å². The molecule has 80 valence electrons. The molecule has 4 heteroatoms. The van der Waals surface area contributed by atoms with E-state index in [2.05, 4.69) is 29.0 Å². The minimum atomic E-state index is 0.503. The van der Waals surface area contributed by atoms with Crippen molar-refractivity contribution in [1.82, 2.24) is 10.3 Å². The highest BCUT2D eigenvalue weighted by Crippen LogP contribution is 2.29. The fraction of sp³-hybridized carbons (Fsp3) is 0.700. The maximum Gasteiger partial charge on any atom is 0.185 e. The molecule has 0 bridgehead atoms. The van der Waals surface area contributed by atoms with Gasteiger partial charge in [-0.05, 0) is 13.0 Å². The van der Waals surface area contributed by atoms with Crippen molar-refractivity contribution in [3.63, 3.8) is 0 Å². The van der Waals surface area contributed by atoms with E-state index in [1.807, 2.05) is 21.1 Å². The number of aromatic nitrogens is 1. The summed E-state index contributed by atoms with van der Waals surface area (Å²) in [5, 5.41) is 4.28. The maximum absolute atomic E-state index is 4.63. The Hall–Kier alpha value is -0.610. The van der Waals surface area contributed by atoms with Crippen LogP contribution in [0.2, 0.25) is 0 Å². The van der Waals surface area contributed by atoms with E-state index in [-0.39, 0.29) is 0 Å². The molecule has 0 aliphatic carbocycles. The zero-order chi connectivity index (χ0) is 10.7.